The molecule has 1 aliphatic rings. The molecule has 1 aliphatic heterocycles. The molecule has 0 amide bonds. The molecule has 3 heterocycles. The van der Waals surface area contributed by atoms with Crippen molar-refractivity contribution in [3.63, 3.8) is 0 Å². The van der Waals surface area contributed by atoms with Crippen LogP contribution >= 0.6 is 0 Å². The third-order valence-corrected chi connectivity index (χ3v) is 5.38. The van der Waals surface area contributed by atoms with Gasteiger partial charge >= 0.3 is 5.69 Å². The van der Waals surface area contributed by atoms with Crippen LogP contribution in [-0.2, 0) is 13.6 Å². The van der Waals surface area contributed by atoms with Crippen molar-refractivity contribution in [2.45, 2.75) is 39.2 Å². The van der Waals surface area contributed by atoms with Crippen molar-refractivity contribution in [2.75, 3.05) is 18.0 Å². The Morgan fingerprint density at radius 3 is 2.65 bits per heavy atom. The third kappa shape index (κ3) is 2.79. The van der Waals surface area contributed by atoms with Gasteiger partial charge in [-0.05, 0) is 38.8 Å². The van der Waals surface area contributed by atoms with Gasteiger partial charge in [-0.3, -0.25) is 9.55 Å². The van der Waals surface area contributed by atoms with Crippen LogP contribution in [0.4, 0.5) is 5.69 Å². The minimum absolute atomic E-state index is 0.0133. The van der Waals surface area contributed by atoms with E-state index in [0.29, 0.717) is 12.5 Å². The molecular formula is C20H25N5O. The van der Waals surface area contributed by atoms with Gasteiger partial charge in [-0.1, -0.05) is 18.2 Å². The Morgan fingerprint density at radius 1 is 1.19 bits per heavy atom. The molecule has 0 aliphatic carbocycles. The van der Waals surface area contributed by atoms with Crippen LogP contribution in [0.1, 0.15) is 37.2 Å². The standard InChI is InChI=1S/C20H25N5O/c1-4-25-19(22-23(3)20(25)26)15-9-11-24(12-10-15)18-13-14(2)21-17-8-6-5-7-16(17)18/h5-8,13,15H,4,9-12H2,1-3H3. The third-order valence-electron chi connectivity index (χ3n) is 5.38. The Kier molecular flexibility index (Phi) is 4.26. The number of rotatable bonds is 3. The average molecular weight is 351 g/mol. The van der Waals surface area contributed by atoms with Crippen LogP contribution in [0.2, 0.25) is 0 Å². The van der Waals surface area contributed by atoms with E-state index in [1.54, 1.807) is 7.05 Å². The lowest BCUT2D eigenvalue weighted by molar-refractivity contribution is 0.465. The molecule has 1 aromatic carbocycles. The van der Waals surface area contributed by atoms with E-state index in [1.165, 1.54) is 15.8 Å². The first-order valence-corrected chi connectivity index (χ1v) is 9.33. The first-order valence-electron chi connectivity index (χ1n) is 9.33. The van der Waals surface area contributed by atoms with E-state index in [0.717, 1.165) is 43.0 Å². The molecule has 6 heteroatoms. The molecule has 0 spiro atoms. The van der Waals surface area contributed by atoms with Gasteiger partial charge in [0.1, 0.15) is 5.82 Å². The van der Waals surface area contributed by atoms with E-state index in [-0.39, 0.29) is 5.69 Å². The maximum atomic E-state index is 12.2. The number of nitrogens with zero attached hydrogens (tertiary/aromatic N) is 5. The zero-order valence-corrected chi connectivity index (χ0v) is 15.6. The molecule has 4 rings (SSSR count). The summed E-state index contributed by atoms with van der Waals surface area (Å²) in [5, 5.41) is 5.71. The number of aromatic nitrogens is 4. The van der Waals surface area contributed by atoms with Crippen molar-refractivity contribution < 1.29 is 0 Å². The second-order valence-corrected chi connectivity index (χ2v) is 7.07. The van der Waals surface area contributed by atoms with Crippen molar-refractivity contribution in [1.82, 2.24) is 19.3 Å². The molecule has 0 N–H and O–H groups in total. The van der Waals surface area contributed by atoms with E-state index >= 15 is 0 Å². The van der Waals surface area contributed by atoms with Crippen molar-refractivity contribution in [3.05, 3.63) is 52.3 Å². The monoisotopic (exact) mass is 351 g/mol. The van der Waals surface area contributed by atoms with E-state index in [9.17, 15) is 4.79 Å². The van der Waals surface area contributed by atoms with Gasteiger partial charge in [0.05, 0.1) is 5.52 Å². The summed E-state index contributed by atoms with van der Waals surface area (Å²) in [6.45, 7) is 6.67. The second kappa shape index (κ2) is 6.59. The van der Waals surface area contributed by atoms with Crippen LogP contribution in [0, 0.1) is 6.92 Å². The number of pyridine rings is 1. The summed E-state index contributed by atoms with van der Waals surface area (Å²) in [6.07, 6.45) is 2.01. The summed E-state index contributed by atoms with van der Waals surface area (Å²) in [7, 11) is 1.74. The molecule has 0 radical (unpaired) electrons. The van der Waals surface area contributed by atoms with Gasteiger partial charge in [0.15, 0.2) is 0 Å². The predicted octanol–water partition coefficient (Wildman–Crippen LogP) is 2.84. The normalized spacial score (nSPS) is 15.7. The smallest absolute Gasteiger partial charge is 0.345 e. The average Bonchev–Trinajstić information content (AvgIpc) is 2.95. The zero-order valence-electron chi connectivity index (χ0n) is 15.6. The van der Waals surface area contributed by atoms with Crippen LogP contribution in [0.25, 0.3) is 10.9 Å². The van der Waals surface area contributed by atoms with Crippen molar-refractivity contribution in [2.24, 2.45) is 7.05 Å². The molecule has 2 aromatic heterocycles. The highest BCUT2D eigenvalue weighted by atomic mass is 16.2. The van der Waals surface area contributed by atoms with Gasteiger partial charge in [-0.2, -0.15) is 5.10 Å². The molecule has 0 atom stereocenters. The SMILES string of the molecule is CCn1c(C2CCN(c3cc(C)nc4ccccc34)CC2)nn(C)c1=O. The molecule has 136 valence electrons. The lowest BCUT2D eigenvalue weighted by Gasteiger charge is -2.34. The molecule has 0 unspecified atom stereocenters. The molecule has 6 nitrogen and oxygen atoms in total. The van der Waals surface area contributed by atoms with Crippen molar-refractivity contribution >= 4 is 16.6 Å². The molecule has 0 bridgehead atoms. The number of hydrogen-bond donors (Lipinski definition) is 0. The van der Waals surface area contributed by atoms with E-state index < -0.39 is 0 Å². The van der Waals surface area contributed by atoms with Gasteiger partial charge in [0.2, 0.25) is 0 Å². The minimum atomic E-state index is -0.0133. The lowest BCUT2D eigenvalue weighted by Crippen LogP contribution is -2.34. The van der Waals surface area contributed by atoms with Gasteiger partial charge in [0, 0.05) is 49.4 Å². The fourth-order valence-electron chi connectivity index (χ4n) is 4.05. The van der Waals surface area contributed by atoms with Crippen LogP contribution in [0.5, 0.6) is 0 Å². The lowest BCUT2D eigenvalue weighted by atomic mass is 9.95. The van der Waals surface area contributed by atoms with Gasteiger partial charge in [-0.25, -0.2) is 9.48 Å². The number of anilines is 1. The number of piperidine rings is 1. The fourth-order valence-corrected chi connectivity index (χ4v) is 4.05. The predicted molar refractivity (Wildman–Crippen MR) is 104 cm³/mol. The molecule has 0 saturated carbocycles. The molecule has 1 fully saturated rings. The summed E-state index contributed by atoms with van der Waals surface area (Å²) >= 11 is 0. The highest BCUT2D eigenvalue weighted by Crippen LogP contribution is 2.33. The maximum absolute atomic E-state index is 12.2. The second-order valence-electron chi connectivity index (χ2n) is 7.07. The molecule has 1 saturated heterocycles. The van der Waals surface area contributed by atoms with Gasteiger partial charge < -0.3 is 4.90 Å². The summed E-state index contributed by atoms with van der Waals surface area (Å²) in [5.74, 6) is 1.28. The topological polar surface area (TPSA) is 56.0 Å². The molecular weight excluding hydrogens is 326 g/mol. The quantitative estimate of drug-likeness (QED) is 0.728. The first-order chi connectivity index (χ1) is 12.6. The Morgan fingerprint density at radius 2 is 1.92 bits per heavy atom. The summed E-state index contributed by atoms with van der Waals surface area (Å²) in [4.78, 5) is 19.3. The summed E-state index contributed by atoms with van der Waals surface area (Å²) in [5.41, 5.74) is 3.35. The first kappa shape index (κ1) is 16.8. The van der Waals surface area contributed by atoms with Crippen molar-refractivity contribution in [1.29, 1.82) is 0 Å². The molecule has 3 aromatic rings. The minimum Gasteiger partial charge on any atom is -0.371 e. The van der Waals surface area contributed by atoms with Crippen LogP contribution in [0.15, 0.2) is 35.1 Å². The Labute approximate surface area is 153 Å². The largest absolute Gasteiger partial charge is 0.371 e. The summed E-state index contributed by atoms with van der Waals surface area (Å²) < 4.78 is 3.28. The Bertz CT molecular complexity index is 995. The van der Waals surface area contributed by atoms with Crippen molar-refractivity contribution in [3.8, 4) is 0 Å². The number of aryl methyl sites for hydroxylation is 2. The highest BCUT2D eigenvalue weighted by Gasteiger charge is 2.26. The fraction of sp³-hybridized carbons (Fsp3) is 0.450. The van der Waals surface area contributed by atoms with Crippen LogP contribution in [-0.4, -0.2) is 32.4 Å². The van der Waals surface area contributed by atoms with Crippen LogP contribution in [0.3, 0.4) is 0 Å². The van der Waals surface area contributed by atoms with E-state index in [2.05, 4.69) is 46.2 Å². The number of benzene rings is 1. The Hall–Kier alpha value is -2.63. The highest BCUT2D eigenvalue weighted by molar-refractivity contribution is 5.92. The number of hydrogen-bond acceptors (Lipinski definition) is 4. The van der Waals surface area contributed by atoms with E-state index in [1.807, 2.05) is 17.6 Å². The number of para-hydroxylation sites is 1. The van der Waals surface area contributed by atoms with E-state index in [4.69, 9.17) is 0 Å². The summed E-state index contributed by atoms with van der Waals surface area (Å²) in [6, 6.07) is 10.5. The zero-order chi connectivity index (χ0) is 18.3. The van der Waals surface area contributed by atoms with Gasteiger partial charge in [-0.15, -0.1) is 0 Å². The Balaban J connectivity index is 1.60. The maximum Gasteiger partial charge on any atom is 0.345 e. The van der Waals surface area contributed by atoms with Crippen LogP contribution < -0.4 is 10.6 Å². The number of fused-ring (bicyclic) bond motifs is 1. The molecule has 26 heavy (non-hydrogen) atoms. The van der Waals surface area contributed by atoms with Gasteiger partial charge in [0.25, 0.3) is 0 Å².